The van der Waals surface area contributed by atoms with Crippen LogP contribution < -0.4 is 26.6 Å². The number of hydrogen-bond acceptors (Lipinski definition) is 33. The Hall–Kier alpha value is -19.6. The number of halogens is 4. The molecule has 25 aromatic rings. The molecular formula is C103H72F4N30O4. The Balaban J connectivity index is 0.000000105. The van der Waals surface area contributed by atoms with Crippen LogP contribution in [-0.4, -0.2) is 125 Å². The van der Waals surface area contributed by atoms with Gasteiger partial charge in [-0.3, -0.25) is 24.9 Å². The maximum absolute atomic E-state index is 14.3. The van der Waals surface area contributed by atoms with E-state index in [1.54, 1.807) is 129 Å². The van der Waals surface area contributed by atoms with Gasteiger partial charge in [0.1, 0.15) is 57.0 Å². The molecule has 0 unspecified atom stereocenters. The number of nitrogens with one attached hydrogen (secondary N) is 6. The van der Waals surface area contributed by atoms with Crippen molar-refractivity contribution in [1.29, 1.82) is 0 Å². The maximum Gasteiger partial charge on any atom is 0.468 e. The third-order valence-electron chi connectivity index (χ3n) is 21.7. The summed E-state index contributed by atoms with van der Waals surface area (Å²) < 4.78 is 75.0. The third-order valence-corrected chi connectivity index (χ3v) is 21.7. The second-order valence-electron chi connectivity index (χ2n) is 31.4. The van der Waals surface area contributed by atoms with Gasteiger partial charge in [-0.2, -0.15) is 13.2 Å². The van der Waals surface area contributed by atoms with Crippen molar-refractivity contribution in [3.8, 4) is 56.9 Å². The van der Waals surface area contributed by atoms with Crippen molar-refractivity contribution < 1.29 is 35.2 Å². The zero-order chi connectivity index (χ0) is 95.7. The Morgan fingerprint density at radius 3 is 0.957 bits per heavy atom. The number of hydrogen-bond donors (Lipinski definition) is 6. The number of H-pyrrole nitrogens is 1. The maximum atomic E-state index is 14.3. The lowest BCUT2D eigenvalue weighted by Gasteiger charge is -2.11. The molecule has 0 bridgehead atoms. The molecule has 0 aliphatic heterocycles. The quantitative estimate of drug-likeness (QED) is 0.0434. The number of oxazole rings is 4. The number of aromatic nitrogens is 25. The lowest BCUT2D eigenvalue weighted by Crippen LogP contribution is -2.04. The van der Waals surface area contributed by atoms with Gasteiger partial charge >= 0.3 is 12.1 Å². The predicted octanol–water partition coefficient (Wildman–Crippen LogP) is 23.2. The molecule has 0 radical (unpaired) electrons. The van der Waals surface area contributed by atoms with Crippen LogP contribution in [0.15, 0.2) is 329 Å². The first-order valence-corrected chi connectivity index (χ1v) is 44.0. The lowest BCUT2D eigenvalue weighted by molar-refractivity contribution is -0.156. The molecule has 0 aliphatic rings. The van der Waals surface area contributed by atoms with Gasteiger partial charge < -0.3 is 49.2 Å². The Morgan fingerprint density at radius 1 is 0.305 bits per heavy atom. The summed E-state index contributed by atoms with van der Waals surface area (Å²) in [6.45, 7) is 5.96. The van der Waals surface area contributed by atoms with Crippen LogP contribution in [0.25, 0.3) is 167 Å². The molecule has 0 spiro atoms. The van der Waals surface area contributed by atoms with E-state index in [0.29, 0.717) is 115 Å². The Bertz CT molecular complexity index is 8860. The molecule has 0 saturated heterocycles. The summed E-state index contributed by atoms with van der Waals surface area (Å²) in [5.74, 6) is 6.29. The van der Waals surface area contributed by atoms with Crippen LogP contribution in [0.5, 0.6) is 0 Å². The first-order valence-electron chi connectivity index (χ1n) is 44.0. The standard InChI is InChI=1S/C22H18N6O.C21H16N6O.C20H11F3N6O.C20H13FN6.C20H14N6O/c1-2-4-19-26-17-7-6-15(13-18(17)29-19)25-22-16-5-3-10-24-21(16)27-20(28-22)14-8-11-23-12-9-14;1-2-18-25-16-6-5-14(12-17(16)28-18)24-21-15-4-3-9-23-20(15)26-19(27-21)13-7-10-22-11-8-13;21-20(22,23)19-27-14-4-3-12(10-15(14)30-19)26-18-13-2-1-7-25-17(13)28-16(29-18)11-5-8-24-9-6-11;21-16-11-14(10-13-5-9-23-17(13)16)25-20-15-2-1-6-24-19(15)26-18(27-20)12-3-7-22-8-4-12;1-12-23-16-5-4-14(11-17(16)27-12)24-20-15-3-2-8-22-19(15)25-18(26-20)13-6-9-21-10-7-13/h3,5-13H,2,4H2,1H3,(H,24,25,27,28);3-12H,2H2,1H3,(H,23,24,26,27);1-10H,(H,25,26,28,29);1-11,23H,(H,24,25,26,27);2-11H,1H3,(H,22,24,25,26). The minimum Gasteiger partial charge on any atom is -0.441 e. The fourth-order valence-electron chi connectivity index (χ4n) is 15.1. The highest BCUT2D eigenvalue weighted by molar-refractivity contribution is 5.97. The number of anilines is 10. The van der Waals surface area contributed by atoms with E-state index in [2.05, 4.69) is 143 Å². The Kier molecular flexibility index (Phi) is 24.5. The molecule has 0 aliphatic carbocycles. The molecule has 686 valence electrons. The summed E-state index contributed by atoms with van der Waals surface area (Å²) in [5.41, 5.74) is 16.1. The number of nitrogens with zero attached hydrogens (tertiary/aromatic N) is 24. The van der Waals surface area contributed by atoms with Gasteiger partial charge in [-0.25, -0.2) is 99.1 Å². The third kappa shape index (κ3) is 19.8. The molecule has 6 N–H and O–H groups in total. The van der Waals surface area contributed by atoms with E-state index in [4.69, 9.17) is 32.6 Å². The van der Waals surface area contributed by atoms with Gasteiger partial charge in [0.15, 0.2) is 97.4 Å². The molecule has 20 aromatic heterocycles. The number of aromatic amines is 1. The highest BCUT2D eigenvalue weighted by Gasteiger charge is 2.38. The smallest absolute Gasteiger partial charge is 0.441 e. The molecule has 5 aromatic carbocycles. The van der Waals surface area contributed by atoms with Crippen LogP contribution in [0, 0.1) is 12.7 Å². The number of alkyl halides is 3. The summed E-state index contributed by atoms with van der Waals surface area (Å²) in [7, 11) is 0. The lowest BCUT2D eigenvalue weighted by atomic mass is 10.2. The molecule has 20 heterocycles. The van der Waals surface area contributed by atoms with Crippen LogP contribution in [0.4, 0.5) is 75.1 Å². The van der Waals surface area contributed by atoms with Crippen LogP contribution in [0.1, 0.15) is 43.8 Å². The van der Waals surface area contributed by atoms with E-state index in [0.717, 1.165) is 136 Å². The van der Waals surface area contributed by atoms with Crippen LogP contribution >= 0.6 is 0 Å². The summed E-state index contributed by atoms with van der Waals surface area (Å²) in [6.07, 6.45) is 25.1. The predicted molar refractivity (Wildman–Crippen MR) is 527 cm³/mol. The van der Waals surface area contributed by atoms with Gasteiger partial charge in [0.25, 0.3) is 0 Å². The van der Waals surface area contributed by atoms with Crippen molar-refractivity contribution in [1.82, 2.24) is 125 Å². The van der Waals surface area contributed by atoms with Crippen LogP contribution in [0.2, 0.25) is 0 Å². The van der Waals surface area contributed by atoms with Crippen LogP contribution in [-0.2, 0) is 19.0 Å². The minimum atomic E-state index is -4.65. The minimum absolute atomic E-state index is 0.0122. The molecule has 0 saturated carbocycles. The summed E-state index contributed by atoms with van der Waals surface area (Å²) >= 11 is 0. The van der Waals surface area contributed by atoms with Crippen molar-refractivity contribution in [2.45, 2.75) is 46.2 Å². The highest BCUT2D eigenvalue weighted by atomic mass is 19.4. The molecule has 25 rings (SSSR count). The first-order chi connectivity index (χ1) is 69.1. The van der Waals surface area contributed by atoms with E-state index in [9.17, 15) is 17.6 Å². The van der Waals surface area contributed by atoms with Gasteiger partial charge in [0, 0.05) is 205 Å². The van der Waals surface area contributed by atoms with Gasteiger partial charge in [0.2, 0.25) is 0 Å². The second kappa shape index (κ2) is 39.2. The average Bonchev–Trinajstić information content (AvgIpc) is 1.62. The van der Waals surface area contributed by atoms with E-state index in [1.165, 1.54) is 18.2 Å². The van der Waals surface area contributed by atoms with Crippen molar-refractivity contribution >= 4 is 168 Å². The van der Waals surface area contributed by atoms with Gasteiger partial charge in [-0.15, -0.1) is 0 Å². The number of fused-ring (bicyclic) bond motifs is 10. The van der Waals surface area contributed by atoms with Crippen molar-refractivity contribution in [3.05, 3.63) is 341 Å². The zero-order valence-electron chi connectivity index (χ0n) is 74.4. The molecule has 38 heteroatoms. The van der Waals surface area contributed by atoms with Crippen LogP contribution in [0.3, 0.4) is 0 Å². The van der Waals surface area contributed by atoms with Gasteiger partial charge in [-0.05, 0) is 194 Å². The fourth-order valence-corrected chi connectivity index (χ4v) is 15.1. The number of rotatable bonds is 18. The first kappa shape index (κ1) is 88.1. The van der Waals surface area contributed by atoms with E-state index in [1.807, 2.05) is 178 Å². The van der Waals surface area contributed by atoms with E-state index < -0.39 is 12.1 Å². The number of benzene rings is 5. The van der Waals surface area contributed by atoms with Gasteiger partial charge in [-0.1, -0.05) is 13.8 Å². The average molecular weight is 1870 g/mol. The molecule has 0 atom stereocenters. The SMILES string of the molecule is CCCc1nc2ccc(Nc3nc(-c4ccncc4)nc4ncccc34)cc2o1.CCc1nc2ccc(Nc3nc(-c4ccncc4)nc4ncccc34)cc2o1.Cc1nc2ccc(Nc3nc(-c4ccncc4)nc4ncccc34)cc2o1.FC(F)(F)c1nc2ccc(Nc3nc(-c4ccncc4)nc4ncccc34)cc2o1.Fc1cc(Nc2nc(-c3ccncc3)nc3ncccc23)cc2cc[nH]c12. The second-order valence-corrected chi connectivity index (χ2v) is 31.4. The molecule has 34 nitrogen and oxygen atoms in total. The van der Waals surface area contributed by atoms with Crippen molar-refractivity contribution in [2.24, 2.45) is 0 Å². The monoisotopic (exact) mass is 1870 g/mol. The molecular weight excluding hydrogens is 1800 g/mol. The Labute approximate surface area is 794 Å². The largest absolute Gasteiger partial charge is 0.468 e. The summed E-state index contributed by atoms with van der Waals surface area (Å²) in [6, 6.07) is 64.2. The van der Waals surface area contributed by atoms with Crippen molar-refractivity contribution in [2.75, 3.05) is 26.6 Å². The summed E-state index contributed by atoms with van der Waals surface area (Å²) in [4.78, 5) is 108. The van der Waals surface area contributed by atoms with Gasteiger partial charge in [0.05, 0.1) is 32.4 Å². The number of pyridine rings is 10. The molecule has 141 heavy (non-hydrogen) atoms. The van der Waals surface area contributed by atoms with E-state index in [-0.39, 0.29) is 16.9 Å². The van der Waals surface area contributed by atoms with Crippen molar-refractivity contribution in [3.63, 3.8) is 0 Å². The summed E-state index contributed by atoms with van der Waals surface area (Å²) in [5, 5.41) is 21.2. The fraction of sp³-hybridized carbons (Fsp3) is 0.0680. The number of aryl methyl sites for hydroxylation is 3. The highest BCUT2D eigenvalue weighted by Crippen LogP contribution is 2.38. The van der Waals surface area contributed by atoms with E-state index >= 15 is 0 Å². The molecule has 0 amide bonds. The normalized spacial score (nSPS) is 11.3. The molecule has 0 fully saturated rings. The Morgan fingerprint density at radius 2 is 0.617 bits per heavy atom. The zero-order valence-corrected chi connectivity index (χ0v) is 74.4. The topological polar surface area (TPSA) is 438 Å².